The van der Waals surface area contributed by atoms with Crippen LogP contribution < -0.4 is 4.90 Å². The number of Topliss-reactive ketones (excluding diaryl/α,β-unsaturated/α-hetero) is 1. The lowest BCUT2D eigenvalue weighted by Gasteiger charge is -2.23. The number of esters is 1. The van der Waals surface area contributed by atoms with Gasteiger partial charge in [-0.3, -0.25) is 4.79 Å². The molecule has 0 atom stereocenters. The molecule has 0 aromatic heterocycles. The van der Waals surface area contributed by atoms with E-state index in [4.69, 9.17) is 4.74 Å². The number of para-hydroxylation sites is 1. The zero-order valence-electron chi connectivity index (χ0n) is 13.9. The number of anilines is 1. The number of carbonyl (C=O) groups excluding carboxylic acids is 2. The molecule has 0 aliphatic rings. The monoisotopic (exact) mass is 305 g/mol. The molecule has 1 aromatic rings. The Morgan fingerprint density at radius 3 is 2.32 bits per heavy atom. The molecule has 22 heavy (non-hydrogen) atoms. The number of benzene rings is 1. The molecule has 0 spiro atoms. The topological polar surface area (TPSA) is 46.6 Å². The Bertz CT molecular complexity index is 481. The summed E-state index contributed by atoms with van der Waals surface area (Å²) in [5, 5.41) is 0. The number of ether oxygens (including phenoxy) is 1. The second-order valence-corrected chi connectivity index (χ2v) is 5.22. The first-order valence-electron chi connectivity index (χ1n) is 8.21. The van der Waals surface area contributed by atoms with Crippen molar-refractivity contribution < 1.29 is 14.3 Å². The third kappa shape index (κ3) is 5.17. The van der Waals surface area contributed by atoms with Crippen LogP contribution in [0.2, 0.25) is 0 Å². The van der Waals surface area contributed by atoms with Crippen molar-refractivity contribution in [1.82, 2.24) is 0 Å². The van der Waals surface area contributed by atoms with E-state index in [0.29, 0.717) is 12.2 Å². The summed E-state index contributed by atoms with van der Waals surface area (Å²) in [6, 6.07) is 7.21. The van der Waals surface area contributed by atoms with Crippen LogP contribution in [0.3, 0.4) is 0 Å². The fourth-order valence-electron chi connectivity index (χ4n) is 2.37. The Labute approximate surface area is 133 Å². The molecule has 4 heteroatoms. The van der Waals surface area contributed by atoms with Crippen LogP contribution in [0.1, 0.15) is 56.8 Å². The first-order chi connectivity index (χ1) is 10.7. The first-order valence-corrected chi connectivity index (χ1v) is 8.21. The van der Waals surface area contributed by atoms with Crippen LogP contribution >= 0.6 is 0 Å². The smallest absolute Gasteiger partial charge is 0.379 e. The minimum Gasteiger partial charge on any atom is -0.460 e. The molecule has 0 saturated carbocycles. The number of ketones is 1. The summed E-state index contributed by atoms with van der Waals surface area (Å²) in [7, 11) is 0. The van der Waals surface area contributed by atoms with Gasteiger partial charge < -0.3 is 9.64 Å². The van der Waals surface area contributed by atoms with Crippen LogP contribution in [0.25, 0.3) is 0 Å². The molecule has 0 radical (unpaired) electrons. The number of rotatable bonds is 10. The predicted molar refractivity (Wildman–Crippen MR) is 89.4 cm³/mol. The SMILES string of the molecule is CCCCCCOC(=O)C(=O)c1ccccc1N(CC)CC. The molecule has 0 bridgehead atoms. The van der Waals surface area contributed by atoms with Crippen LogP contribution in [0.4, 0.5) is 5.69 Å². The van der Waals surface area contributed by atoms with Crippen molar-refractivity contribution in [3.05, 3.63) is 29.8 Å². The molecule has 1 aromatic carbocycles. The van der Waals surface area contributed by atoms with Gasteiger partial charge in [0.15, 0.2) is 0 Å². The lowest BCUT2D eigenvalue weighted by Crippen LogP contribution is -2.26. The normalized spacial score (nSPS) is 10.3. The van der Waals surface area contributed by atoms with E-state index in [1.54, 1.807) is 12.1 Å². The van der Waals surface area contributed by atoms with Gasteiger partial charge in [-0.15, -0.1) is 0 Å². The van der Waals surface area contributed by atoms with Gasteiger partial charge in [0.1, 0.15) is 0 Å². The minimum atomic E-state index is -0.754. The second-order valence-electron chi connectivity index (χ2n) is 5.22. The van der Waals surface area contributed by atoms with Gasteiger partial charge in [-0.05, 0) is 32.4 Å². The van der Waals surface area contributed by atoms with Crippen LogP contribution in [0.5, 0.6) is 0 Å². The van der Waals surface area contributed by atoms with Crippen LogP contribution in [0, 0.1) is 0 Å². The van der Waals surface area contributed by atoms with Crippen molar-refractivity contribution in [1.29, 1.82) is 0 Å². The Balaban J connectivity index is 2.70. The molecule has 0 saturated heterocycles. The first kappa shape index (κ1) is 18.2. The summed E-state index contributed by atoms with van der Waals surface area (Å²) in [6.45, 7) is 8.06. The minimum absolute atomic E-state index is 0.317. The summed E-state index contributed by atoms with van der Waals surface area (Å²) in [5.74, 6) is -1.31. The highest BCUT2D eigenvalue weighted by molar-refractivity contribution is 6.41. The molecule has 0 amide bonds. The van der Waals surface area contributed by atoms with E-state index in [-0.39, 0.29) is 0 Å². The quantitative estimate of drug-likeness (QED) is 0.285. The molecule has 4 nitrogen and oxygen atoms in total. The zero-order valence-corrected chi connectivity index (χ0v) is 13.9. The lowest BCUT2D eigenvalue weighted by molar-refractivity contribution is -0.138. The average Bonchev–Trinajstić information content (AvgIpc) is 2.55. The largest absolute Gasteiger partial charge is 0.460 e. The number of carbonyl (C=O) groups is 2. The molecule has 0 unspecified atom stereocenters. The Kier molecular flexibility index (Phi) is 8.26. The van der Waals surface area contributed by atoms with Crippen LogP contribution in [0.15, 0.2) is 24.3 Å². The van der Waals surface area contributed by atoms with Gasteiger partial charge in [0.2, 0.25) is 0 Å². The molecule has 0 aliphatic carbocycles. The summed E-state index contributed by atoms with van der Waals surface area (Å²) in [5.41, 5.74) is 1.21. The predicted octanol–water partition coefficient (Wildman–Crippen LogP) is 3.84. The third-order valence-corrected chi connectivity index (χ3v) is 3.67. The van der Waals surface area contributed by atoms with E-state index >= 15 is 0 Å². The highest BCUT2D eigenvalue weighted by Crippen LogP contribution is 2.21. The highest BCUT2D eigenvalue weighted by atomic mass is 16.5. The maximum absolute atomic E-state index is 12.3. The van der Waals surface area contributed by atoms with E-state index in [1.807, 2.05) is 26.0 Å². The van der Waals surface area contributed by atoms with Gasteiger partial charge >= 0.3 is 5.97 Å². The maximum atomic E-state index is 12.3. The van der Waals surface area contributed by atoms with Gasteiger partial charge in [0.25, 0.3) is 5.78 Å². The maximum Gasteiger partial charge on any atom is 0.379 e. The molecule has 0 N–H and O–H groups in total. The second kappa shape index (κ2) is 9.98. The number of nitrogens with zero attached hydrogens (tertiary/aromatic N) is 1. The van der Waals surface area contributed by atoms with Gasteiger partial charge in [-0.1, -0.05) is 38.3 Å². The van der Waals surface area contributed by atoms with Crippen molar-refractivity contribution in [3.8, 4) is 0 Å². The number of unbranched alkanes of at least 4 members (excludes halogenated alkanes) is 3. The lowest BCUT2D eigenvalue weighted by atomic mass is 10.1. The fourth-order valence-corrected chi connectivity index (χ4v) is 2.37. The van der Waals surface area contributed by atoms with E-state index < -0.39 is 11.8 Å². The standard InChI is InChI=1S/C18H27NO3/c1-4-7-8-11-14-22-18(21)17(20)15-12-9-10-13-16(15)19(5-2)6-3/h9-10,12-13H,4-8,11,14H2,1-3H3. The Morgan fingerprint density at radius 2 is 1.68 bits per heavy atom. The van der Waals surface area contributed by atoms with E-state index in [9.17, 15) is 9.59 Å². The van der Waals surface area contributed by atoms with Gasteiger partial charge in [0.05, 0.1) is 12.2 Å². The van der Waals surface area contributed by atoms with Crippen LogP contribution in [-0.2, 0) is 9.53 Å². The molecule has 0 heterocycles. The summed E-state index contributed by atoms with van der Waals surface area (Å²) >= 11 is 0. The van der Waals surface area contributed by atoms with Crippen molar-refractivity contribution in [2.24, 2.45) is 0 Å². The molecule has 0 fully saturated rings. The molecular weight excluding hydrogens is 278 g/mol. The van der Waals surface area contributed by atoms with Gasteiger partial charge in [0, 0.05) is 18.8 Å². The van der Waals surface area contributed by atoms with Gasteiger partial charge in [-0.25, -0.2) is 4.79 Å². The van der Waals surface area contributed by atoms with Crippen molar-refractivity contribution in [3.63, 3.8) is 0 Å². The number of hydrogen-bond donors (Lipinski definition) is 0. The summed E-state index contributed by atoms with van der Waals surface area (Å²) < 4.78 is 5.10. The fraction of sp³-hybridized carbons (Fsp3) is 0.556. The van der Waals surface area contributed by atoms with E-state index in [2.05, 4.69) is 11.8 Å². The molecule has 122 valence electrons. The van der Waals surface area contributed by atoms with E-state index in [1.165, 1.54) is 0 Å². The summed E-state index contributed by atoms with van der Waals surface area (Å²) in [4.78, 5) is 26.3. The van der Waals surface area contributed by atoms with E-state index in [0.717, 1.165) is 44.5 Å². The highest BCUT2D eigenvalue weighted by Gasteiger charge is 2.22. The molecule has 1 rings (SSSR count). The zero-order chi connectivity index (χ0) is 16.4. The Hall–Kier alpha value is -1.84. The van der Waals surface area contributed by atoms with Crippen molar-refractivity contribution >= 4 is 17.4 Å². The summed E-state index contributed by atoms with van der Waals surface area (Å²) in [6.07, 6.45) is 4.08. The number of hydrogen-bond acceptors (Lipinski definition) is 4. The van der Waals surface area contributed by atoms with Crippen molar-refractivity contribution in [2.75, 3.05) is 24.6 Å². The molecule has 0 aliphatic heterocycles. The molecular formula is C18H27NO3. The van der Waals surface area contributed by atoms with Crippen LogP contribution in [-0.4, -0.2) is 31.4 Å². The third-order valence-electron chi connectivity index (χ3n) is 3.67. The Morgan fingerprint density at radius 1 is 1.00 bits per heavy atom. The van der Waals surface area contributed by atoms with Gasteiger partial charge in [-0.2, -0.15) is 0 Å². The van der Waals surface area contributed by atoms with Crippen molar-refractivity contribution in [2.45, 2.75) is 46.5 Å². The average molecular weight is 305 g/mol.